The molecule has 0 saturated heterocycles. The van der Waals surface area contributed by atoms with E-state index in [1.54, 1.807) is 18.3 Å². The van der Waals surface area contributed by atoms with Gasteiger partial charge in [-0.3, -0.25) is 4.79 Å². The van der Waals surface area contributed by atoms with Crippen LogP contribution < -0.4 is 0 Å². The predicted octanol–water partition coefficient (Wildman–Crippen LogP) is 2.31. The summed E-state index contributed by atoms with van der Waals surface area (Å²) in [5.41, 5.74) is 0. The van der Waals surface area contributed by atoms with E-state index in [1.807, 2.05) is 17.5 Å². The maximum Gasteiger partial charge on any atom is 0.316 e. The highest BCUT2D eigenvalue weighted by atomic mass is 32.2. The quantitative estimate of drug-likeness (QED) is 0.740. The monoisotopic (exact) mass is 188 g/mol. The fraction of sp³-hybridized carbons (Fsp3) is 0.286. The number of carbonyl (C=O) groups is 1. The zero-order chi connectivity index (χ0) is 8.27. The smallest absolute Gasteiger partial charge is 0.316 e. The van der Waals surface area contributed by atoms with Crippen LogP contribution in [-0.4, -0.2) is 16.3 Å². The predicted molar refractivity (Wildman–Crippen MR) is 47.3 cm³/mol. The largest absolute Gasteiger partial charge is 0.480 e. The van der Waals surface area contributed by atoms with Crippen molar-refractivity contribution in [1.29, 1.82) is 0 Å². The van der Waals surface area contributed by atoms with Crippen LogP contribution in [0.3, 0.4) is 0 Å². The number of aliphatic carboxylic acids is 1. The summed E-state index contributed by atoms with van der Waals surface area (Å²) in [7, 11) is 0. The number of hydrogen-bond donors (Lipinski definition) is 1. The van der Waals surface area contributed by atoms with Gasteiger partial charge in [0.15, 0.2) is 0 Å². The first kappa shape index (κ1) is 8.62. The third kappa shape index (κ3) is 2.55. The van der Waals surface area contributed by atoms with Gasteiger partial charge in [0.05, 0.1) is 4.21 Å². The molecular weight excluding hydrogens is 180 g/mol. The van der Waals surface area contributed by atoms with E-state index in [1.165, 1.54) is 11.8 Å². The summed E-state index contributed by atoms with van der Waals surface area (Å²) < 4.78 is 1.06. The van der Waals surface area contributed by atoms with Crippen LogP contribution in [0.5, 0.6) is 0 Å². The lowest BCUT2D eigenvalue weighted by Gasteiger charge is -2.01. The lowest BCUT2D eigenvalue weighted by Crippen LogP contribution is -2.10. The highest BCUT2D eigenvalue weighted by Crippen LogP contribution is 2.27. The summed E-state index contributed by atoms with van der Waals surface area (Å²) in [6.07, 6.45) is 0. The Labute approximate surface area is 73.2 Å². The summed E-state index contributed by atoms with van der Waals surface area (Å²) >= 11 is 2.95. The molecule has 0 fully saturated rings. The van der Waals surface area contributed by atoms with Crippen molar-refractivity contribution in [3.63, 3.8) is 0 Å². The number of hydrogen-bond acceptors (Lipinski definition) is 3. The molecule has 0 radical (unpaired) electrons. The highest BCUT2D eigenvalue weighted by molar-refractivity contribution is 8.02. The Morgan fingerprint density at radius 1 is 1.82 bits per heavy atom. The average Bonchev–Trinajstić information content (AvgIpc) is 2.39. The van der Waals surface area contributed by atoms with Crippen molar-refractivity contribution in [2.45, 2.75) is 16.4 Å². The Balaban J connectivity index is 2.50. The zero-order valence-corrected chi connectivity index (χ0v) is 7.61. The van der Waals surface area contributed by atoms with Crippen molar-refractivity contribution in [1.82, 2.24) is 0 Å². The van der Waals surface area contributed by atoms with Crippen molar-refractivity contribution in [2.75, 3.05) is 0 Å². The van der Waals surface area contributed by atoms with Gasteiger partial charge in [0, 0.05) is 0 Å². The van der Waals surface area contributed by atoms with Gasteiger partial charge in [-0.05, 0) is 18.4 Å². The van der Waals surface area contributed by atoms with E-state index in [4.69, 9.17) is 5.11 Å². The van der Waals surface area contributed by atoms with Crippen molar-refractivity contribution < 1.29 is 9.90 Å². The number of carboxylic acids is 1. The van der Waals surface area contributed by atoms with E-state index in [-0.39, 0.29) is 5.25 Å². The van der Waals surface area contributed by atoms with Gasteiger partial charge in [-0.25, -0.2) is 0 Å². The van der Waals surface area contributed by atoms with Crippen LogP contribution >= 0.6 is 23.1 Å². The summed E-state index contributed by atoms with van der Waals surface area (Å²) in [6, 6.07) is 3.84. The van der Waals surface area contributed by atoms with E-state index in [0.717, 1.165) is 4.21 Å². The molecule has 1 aromatic heterocycles. The standard InChI is InChI=1S/C7H8O2S2/c1-5(7(8)9)11-6-3-2-4-10-6/h2-5H,1H3,(H,8,9). The molecule has 0 saturated carbocycles. The van der Waals surface area contributed by atoms with E-state index in [0.29, 0.717) is 0 Å². The topological polar surface area (TPSA) is 37.3 Å². The zero-order valence-electron chi connectivity index (χ0n) is 5.98. The molecule has 1 aromatic rings. The number of carboxylic acid groups (broad SMARTS) is 1. The minimum Gasteiger partial charge on any atom is -0.480 e. The van der Waals surface area contributed by atoms with Crippen LogP contribution in [0.15, 0.2) is 21.7 Å². The Morgan fingerprint density at radius 3 is 3.00 bits per heavy atom. The van der Waals surface area contributed by atoms with Gasteiger partial charge >= 0.3 is 5.97 Å². The van der Waals surface area contributed by atoms with E-state index in [9.17, 15) is 4.79 Å². The van der Waals surface area contributed by atoms with Crippen molar-refractivity contribution in [3.8, 4) is 0 Å². The number of rotatable bonds is 3. The van der Waals surface area contributed by atoms with Crippen molar-refractivity contribution in [2.24, 2.45) is 0 Å². The molecule has 11 heavy (non-hydrogen) atoms. The third-order valence-corrected chi connectivity index (χ3v) is 3.30. The molecule has 0 spiro atoms. The highest BCUT2D eigenvalue weighted by Gasteiger charge is 2.12. The second kappa shape index (κ2) is 3.78. The summed E-state index contributed by atoms with van der Waals surface area (Å²) in [6.45, 7) is 1.69. The first-order valence-electron chi connectivity index (χ1n) is 3.13. The molecule has 0 bridgehead atoms. The second-order valence-corrected chi connectivity index (χ2v) is 4.62. The van der Waals surface area contributed by atoms with E-state index < -0.39 is 5.97 Å². The fourth-order valence-electron chi connectivity index (χ4n) is 0.555. The Morgan fingerprint density at radius 2 is 2.55 bits per heavy atom. The second-order valence-electron chi connectivity index (χ2n) is 2.03. The van der Waals surface area contributed by atoms with Gasteiger partial charge in [-0.15, -0.1) is 23.1 Å². The fourth-order valence-corrected chi connectivity index (χ4v) is 2.43. The Hall–Kier alpha value is -0.480. The minimum atomic E-state index is -0.761. The Bertz CT molecular complexity index is 231. The third-order valence-electron chi connectivity index (χ3n) is 1.14. The molecule has 0 aliphatic carbocycles. The average molecular weight is 188 g/mol. The van der Waals surface area contributed by atoms with E-state index >= 15 is 0 Å². The summed E-state index contributed by atoms with van der Waals surface area (Å²) in [5, 5.41) is 10.2. The lowest BCUT2D eigenvalue weighted by atomic mass is 10.5. The first-order chi connectivity index (χ1) is 5.20. The van der Waals surface area contributed by atoms with Gasteiger partial charge < -0.3 is 5.11 Å². The maximum atomic E-state index is 10.4. The minimum absolute atomic E-state index is 0.353. The molecular formula is C7H8O2S2. The molecule has 60 valence electrons. The van der Waals surface area contributed by atoms with Crippen LogP contribution in [0.2, 0.25) is 0 Å². The number of thioether (sulfide) groups is 1. The normalized spacial score (nSPS) is 12.8. The van der Waals surface area contributed by atoms with Gasteiger partial charge in [0.1, 0.15) is 5.25 Å². The molecule has 1 atom stereocenters. The molecule has 0 aromatic carbocycles. The first-order valence-corrected chi connectivity index (χ1v) is 4.89. The molecule has 1 heterocycles. The van der Waals surface area contributed by atoms with Crippen LogP contribution in [0, 0.1) is 0 Å². The Kier molecular flexibility index (Phi) is 2.96. The molecule has 2 nitrogen and oxygen atoms in total. The maximum absolute atomic E-state index is 10.4. The molecule has 0 aliphatic heterocycles. The van der Waals surface area contributed by atoms with Gasteiger partial charge in [0.2, 0.25) is 0 Å². The van der Waals surface area contributed by atoms with Crippen LogP contribution in [0.4, 0.5) is 0 Å². The SMILES string of the molecule is CC(Sc1cccs1)C(=O)O. The van der Waals surface area contributed by atoms with E-state index in [2.05, 4.69) is 0 Å². The molecule has 1 N–H and O–H groups in total. The van der Waals surface area contributed by atoms with Gasteiger partial charge in [0.25, 0.3) is 0 Å². The van der Waals surface area contributed by atoms with Crippen LogP contribution in [0.1, 0.15) is 6.92 Å². The summed E-state index contributed by atoms with van der Waals surface area (Å²) in [5.74, 6) is -0.761. The number of thiophene rings is 1. The lowest BCUT2D eigenvalue weighted by molar-refractivity contribution is -0.136. The van der Waals surface area contributed by atoms with Crippen molar-refractivity contribution >= 4 is 29.1 Å². The molecule has 0 aliphatic rings. The van der Waals surface area contributed by atoms with Gasteiger partial charge in [-0.2, -0.15) is 0 Å². The van der Waals surface area contributed by atoms with Crippen LogP contribution in [-0.2, 0) is 4.79 Å². The van der Waals surface area contributed by atoms with Crippen molar-refractivity contribution in [3.05, 3.63) is 17.5 Å². The molecule has 4 heteroatoms. The molecule has 0 amide bonds. The summed E-state index contributed by atoms with van der Waals surface area (Å²) in [4.78, 5) is 10.4. The molecule has 1 rings (SSSR count). The van der Waals surface area contributed by atoms with Gasteiger partial charge in [-0.1, -0.05) is 6.07 Å². The van der Waals surface area contributed by atoms with Crippen LogP contribution in [0.25, 0.3) is 0 Å². The molecule has 1 unspecified atom stereocenters.